The molecule has 2 aliphatic heterocycles. The molecule has 2 unspecified atom stereocenters. The molecule has 0 aromatic heterocycles. The summed E-state index contributed by atoms with van der Waals surface area (Å²) in [7, 11) is 0. The molecule has 7 nitrogen and oxygen atoms in total. The highest BCUT2D eigenvalue weighted by molar-refractivity contribution is 6.30. The first-order valence-corrected chi connectivity index (χ1v) is 11.6. The van der Waals surface area contributed by atoms with E-state index in [0.29, 0.717) is 31.9 Å². The van der Waals surface area contributed by atoms with Gasteiger partial charge in [0, 0.05) is 44.3 Å². The van der Waals surface area contributed by atoms with Gasteiger partial charge in [-0.2, -0.15) is 5.26 Å². The predicted molar refractivity (Wildman–Crippen MR) is 126 cm³/mol. The van der Waals surface area contributed by atoms with Gasteiger partial charge in [0.05, 0.1) is 43.6 Å². The van der Waals surface area contributed by atoms with Crippen LogP contribution >= 0.6 is 11.6 Å². The number of morpholine rings is 2. The predicted octanol–water partition coefficient (Wildman–Crippen LogP) is 2.43. The van der Waals surface area contributed by atoms with Gasteiger partial charge in [0.25, 0.3) is 0 Å². The number of nitriles is 1. The molecule has 1 amide bonds. The summed E-state index contributed by atoms with van der Waals surface area (Å²) in [5, 5.41) is 12.6. The summed E-state index contributed by atoms with van der Waals surface area (Å²) < 4.78 is 11.9. The average molecular weight is 469 g/mol. The Morgan fingerprint density at radius 1 is 1.03 bits per heavy atom. The quantitative estimate of drug-likeness (QED) is 0.569. The molecule has 174 valence electrons. The van der Waals surface area contributed by atoms with Crippen LogP contribution in [0.15, 0.2) is 48.5 Å². The molecule has 2 fully saturated rings. The number of ether oxygens (including phenoxy) is 2. The lowest BCUT2D eigenvalue weighted by molar-refractivity contribution is -0.146. The van der Waals surface area contributed by atoms with E-state index in [1.807, 2.05) is 36.4 Å². The summed E-state index contributed by atoms with van der Waals surface area (Å²) >= 11 is 5.92. The Kier molecular flexibility index (Phi) is 8.32. The lowest BCUT2D eigenvalue weighted by Crippen LogP contribution is -2.60. The van der Waals surface area contributed by atoms with E-state index in [2.05, 4.69) is 21.2 Å². The van der Waals surface area contributed by atoms with Crippen molar-refractivity contribution in [1.29, 1.82) is 5.26 Å². The molecular weight excluding hydrogens is 440 g/mol. The van der Waals surface area contributed by atoms with E-state index in [9.17, 15) is 4.79 Å². The van der Waals surface area contributed by atoms with Crippen LogP contribution in [0.25, 0.3) is 0 Å². The summed E-state index contributed by atoms with van der Waals surface area (Å²) in [5.74, 6) is 0.00629. The van der Waals surface area contributed by atoms with Crippen LogP contribution < -0.4 is 5.32 Å². The molecule has 4 rings (SSSR count). The third-order valence-corrected chi connectivity index (χ3v) is 6.16. The Hall–Kier alpha value is -2.47. The maximum absolute atomic E-state index is 12.4. The molecule has 0 spiro atoms. The molecular formula is C25H29ClN4O3. The number of carbonyl (C=O) groups is 1. The van der Waals surface area contributed by atoms with E-state index < -0.39 is 0 Å². The lowest BCUT2D eigenvalue weighted by Gasteiger charge is -2.45. The van der Waals surface area contributed by atoms with Crippen molar-refractivity contribution < 1.29 is 14.3 Å². The number of carbonyl (C=O) groups excluding carboxylic acids is 1. The topological polar surface area (TPSA) is 77.8 Å². The van der Waals surface area contributed by atoms with Crippen LogP contribution in [0.1, 0.15) is 16.7 Å². The molecule has 2 saturated heterocycles. The number of benzene rings is 2. The number of amides is 1. The minimum Gasteiger partial charge on any atom is -0.375 e. The van der Waals surface area contributed by atoms with Gasteiger partial charge in [-0.1, -0.05) is 35.9 Å². The first-order valence-electron chi connectivity index (χ1n) is 11.3. The molecule has 2 aromatic rings. The van der Waals surface area contributed by atoms with E-state index in [4.69, 9.17) is 26.3 Å². The minimum atomic E-state index is 0.00629. The van der Waals surface area contributed by atoms with Gasteiger partial charge in [-0.3, -0.25) is 14.6 Å². The second-order valence-electron chi connectivity index (χ2n) is 8.60. The van der Waals surface area contributed by atoms with Gasteiger partial charge < -0.3 is 14.8 Å². The van der Waals surface area contributed by atoms with Crippen LogP contribution in [0.2, 0.25) is 5.02 Å². The van der Waals surface area contributed by atoms with Crippen LogP contribution in [0.4, 0.5) is 0 Å². The van der Waals surface area contributed by atoms with Gasteiger partial charge in [-0.15, -0.1) is 0 Å². The van der Waals surface area contributed by atoms with Crippen molar-refractivity contribution in [2.45, 2.75) is 25.4 Å². The molecule has 2 heterocycles. The first-order chi connectivity index (χ1) is 16.1. The number of hydrogen-bond acceptors (Lipinski definition) is 6. The van der Waals surface area contributed by atoms with Crippen molar-refractivity contribution in [2.75, 3.05) is 45.9 Å². The first kappa shape index (κ1) is 23.7. The van der Waals surface area contributed by atoms with Gasteiger partial charge in [0.2, 0.25) is 5.91 Å². The lowest BCUT2D eigenvalue weighted by atomic mass is 10.1. The summed E-state index contributed by atoms with van der Waals surface area (Å²) in [6.45, 7) is 6.17. The van der Waals surface area contributed by atoms with Crippen molar-refractivity contribution in [3.63, 3.8) is 0 Å². The number of fused-ring (bicyclic) bond motifs is 2. The van der Waals surface area contributed by atoms with Crippen LogP contribution in [0.5, 0.6) is 0 Å². The fourth-order valence-electron chi connectivity index (χ4n) is 4.29. The summed E-state index contributed by atoms with van der Waals surface area (Å²) in [5.41, 5.74) is 2.72. The monoisotopic (exact) mass is 468 g/mol. The average Bonchev–Trinajstić information content (AvgIpc) is 2.81. The van der Waals surface area contributed by atoms with Gasteiger partial charge in [0.15, 0.2) is 0 Å². The highest BCUT2D eigenvalue weighted by atomic mass is 35.5. The van der Waals surface area contributed by atoms with E-state index in [0.717, 1.165) is 48.9 Å². The highest BCUT2D eigenvalue weighted by Crippen LogP contribution is 2.19. The molecule has 33 heavy (non-hydrogen) atoms. The summed E-state index contributed by atoms with van der Waals surface area (Å²) in [6.07, 6.45) is 0.222. The number of nitrogens with zero attached hydrogens (tertiary/aromatic N) is 3. The molecule has 0 saturated carbocycles. The zero-order valence-corrected chi connectivity index (χ0v) is 19.3. The van der Waals surface area contributed by atoms with Crippen LogP contribution in [-0.2, 0) is 27.4 Å². The van der Waals surface area contributed by atoms with Gasteiger partial charge in [0.1, 0.15) is 0 Å². The van der Waals surface area contributed by atoms with Gasteiger partial charge >= 0.3 is 0 Å². The van der Waals surface area contributed by atoms with E-state index in [1.165, 1.54) is 0 Å². The second kappa shape index (κ2) is 11.6. The molecule has 2 aromatic carbocycles. The molecule has 1 N–H and O–H groups in total. The minimum absolute atomic E-state index is 0.00629. The van der Waals surface area contributed by atoms with Crippen LogP contribution in [-0.4, -0.2) is 73.8 Å². The maximum atomic E-state index is 12.4. The van der Waals surface area contributed by atoms with Crippen molar-refractivity contribution in [3.05, 3.63) is 70.2 Å². The van der Waals surface area contributed by atoms with Crippen molar-refractivity contribution in [1.82, 2.24) is 15.1 Å². The molecule has 8 heteroatoms. The van der Waals surface area contributed by atoms with Crippen molar-refractivity contribution >= 4 is 17.5 Å². The zero-order chi connectivity index (χ0) is 23.0. The Morgan fingerprint density at radius 3 is 2.33 bits per heavy atom. The fourth-order valence-corrected chi connectivity index (χ4v) is 4.42. The van der Waals surface area contributed by atoms with E-state index in [1.54, 1.807) is 12.1 Å². The number of rotatable bonds is 9. The molecule has 2 atom stereocenters. The van der Waals surface area contributed by atoms with Crippen LogP contribution in [0.3, 0.4) is 0 Å². The molecule has 2 aliphatic rings. The Labute approximate surface area is 199 Å². The van der Waals surface area contributed by atoms with E-state index >= 15 is 0 Å². The Morgan fingerprint density at radius 2 is 1.67 bits per heavy atom. The summed E-state index contributed by atoms with van der Waals surface area (Å²) in [6, 6.07) is 17.1. The fraction of sp³-hybridized carbons (Fsp3) is 0.440. The van der Waals surface area contributed by atoms with Gasteiger partial charge in [-0.25, -0.2) is 0 Å². The van der Waals surface area contributed by atoms with Crippen molar-refractivity contribution in [3.8, 4) is 6.07 Å². The third-order valence-electron chi connectivity index (χ3n) is 5.91. The standard InChI is InChI=1S/C25H29ClN4O3/c26-22-7-5-21(6-8-22)18-32-10-9-29-13-23-15-30(16-24(14-29)33-23)17-25(31)28-12-20-3-1-19(11-27)2-4-20/h1-8,23-24H,9-10,12-18H2,(H,28,31). The largest absolute Gasteiger partial charge is 0.375 e. The smallest absolute Gasteiger partial charge is 0.234 e. The SMILES string of the molecule is N#Cc1ccc(CNC(=O)CN2CC3CN(CCOCc4ccc(Cl)cc4)CC(C2)O3)cc1. The molecule has 2 bridgehead atoms. The molecule has 0 aliphatic carbocycles. The third kappa shape index (κ3) is 7.26. The number of halogens is 1. The summed E-state index contributed by atoms with van der Waals surface area (Å²) in [4.78, 5) is 17.0. The van der Waals surface area contributed by atoms with Gasteiger partial charge in [-0.05, 0) is 35.4 Å². The zero-order valence-electron chi connectivity index (χ0n) is 18.6. The van der Waals surface area contributed by atoms with E-state index in [-0.39, 0.29) is 18.1 Å². The highest BCUT2D eigenvalue weighted by Gasteiger charge is 2.35. The number of hydrogen-bond donors (Lipinski definition) is 1. The Balaban J connectivity index is 1.14. The normalized spacial score (nSPS) is 20.8. The second-order valence-corrected chi connectivity index (χ2v) is 9.03. The maximum Gasteiger partial charge on any atom is 0.234 e. The number of nitrogens with one attached hydrogen (secondary N) is 1. The van der Waals surface area contributed by atoms with Crippen molar-refractivity contribution in [2.24, 2.45) is 0 Å². The Bertz CT molecular complexity index is 947. The van der Waals surface area contributed by atoms with Crippen LogP contribution in [0, 0.1) is 11.3 Å². The molecule has 0 radical (unpaired) electrons.